The van der Waals surface area contributed by atoms with Crippen molar-refractivity contribution < 1.29 is 9.53 Å². The Hall–Kier alpha value is -0.0900. The Bertz CT molecular complexity index is 293. The molecule has 1 aliphatic carbocycles. The van der Waals surface area contributed by atoms with E-state index in [0.717, 1.165) is 31.7 Å². The predicted octanol–water partition coefficient (Wildman–Crippen LogP) is 3.76. The van der Waals surface area contributed by atoms with Gasteiger partial charge in [-0.3, -0.25) is 4.79 Å². The van der Waals surface area contributed by atoms with E-state index >= 15 is 0 Å². The van der Waals surface area contributed by atoms with Crippen LogP contribution in [-0.4, -0.2) is 31.0 Å². The van der Waals surface area contributed by atoms with Gasteiger partial charge in [0, 0.05) is 24.4 Å². The van der Waals surface area contributed by atoms with E-state index in [-0.39, 0.29) is 11.8 Å². The molecule has 0 aliphatic heterocycles. The third kappa shape index (κ3) is 6.13. The smallest absolute Gasteiger partial charge is 0.223 e. The van der Waals surface area contributed by atoms with Crippen LogP contribution in [0.3, 0.4) is 0 Å². The van der Waals surface area contributed by atoms with Crippen molar-refractivity contribution in [3.8, 4) is 0 Å². The van der Waals surface area contributed by atoms with Gasteiger partial charge in [0.1, 0.15) is 0 Å². The van der Waals surface area contributed by atoms with Crippen molar-refractivity contribution in [2.24, 2.45) is 17.3 Å². The lowest BCUT2D eigenvalue weighted by Gasteiger charge is -2.36. The SMILES string of the molecule is COCC(Br)CCNC(=O)C1CCC(C(C)(C)C)CC1. The molecule has 0 aromatic carbocycles. The molecule has 0 heterocycles. The van der Waals surface area contributed by atoms with Crippen LogP contribution in [0.2, 0.25) is 0 Å². The van der Waals surface area contributed by atoms with Gasteiger partial charge < -0.3 is 10.1 Å². The minimum absolute atomic E-state index is 0.227. The molecular weight excluding hydrogens is 318 g/mol. The quantitative estimate of drug-likeness (QED) is 0.743. The summed E-state index contributed by atoms with van der Waals surface area (Å²) in [5, 5.41) is 3.07. The Labute approximate surface area is 132 Å². The second kappa shape index (κ2) is 8.38. The van der Waals surface area contributed by atoms with Gasteiger partial charge in [-0.25, -0.2) is 0 Å². The highest BCUT2D eigenvalue weighted by atomic mass is 79.9. The first-order valence-corrected chi connectivity index (χ1v) is 8.67. The maximum atomic E-state index is 12.1. The molecular formula is C16H30BrNO2. The van der Waals surface area contributed by atoms with E-state index in [2.05, 4.69) is 42.0 Å². The fourth-order valence-corrected chi connectivity index (χ4v) is 3.48. The van der Waals surface area contributed by atoms with Crippen LogP contribution in [-0.2, 0) is 9.53 Å². The molecule has 1 atom stereocenters. The summed E-state index contributed by atoms with van der Waals surface area (Å²) in [4.78, 5) is 12.5. The third-order valence-corrected chi connectivity index (χ3v) is 5.15. The molecule has 118 valence electrons. The van der Waals surface area contributed by atoms with Gasteiger partial charge in [-0.2, -0.15) is 0 Å². The summed E-state index contributed by atoms with van der Waals surface area (Å²) < 4.78 is 5.06. The van der Waals surface area contributed by atoms with Crippen LogP contribution in [0.4, 0.5) is 0 Å². The zero-order valence-electron chi connectivity index (χ0n) is 13.4. The molecule has 0 aromatic heterocycles. The minimum Gasteiger partial charge on any atom is -0.384 e. The van der Waals surface area contributed by atoms with Crippen LogP contribution in [0.5, 0.6) is 0 Å². The number of hydrogen-bond acceptors (Lipinski definition) is 2. The predicted molar refractivity (Wildman–Crippen MR) is 87.1 cm³/mol. The van der Waals surface area contributed by atoms with Crippen molar-refractivity contribution in [2.45, 2.75) is 57.7 Å². The van der Waals surface area contributed by atoms with Crippen LogP contribution < -0.4 is 5.32 Å². The Morgan fingerprint density at radius 1 is 1.30 bits per heavy atom. The highest BCUT2D eigenvalue weighted by Crippen LogP contribution is 2.39. The second-order valence-electron chi connectivity index (χ2n) is 7.05. The molecule has 3 nitrogen and oxygen atoms in total. The average molecular weight is 348 g/mol. The van der Waals surface area contributed by atoms with Crippen LogP contribution in [0, 0.1) is 17.3 Å². The van der Waals surface area contributed by atoms with Crippen molar-refractivity contribution in [1.82, 2.24) is 5.32 Å². The monoisotopic (exact) mass is 347 g/mol. The van der Waals surface area contributed by atoms with Gasteiger partial charge in [0.05, 0.1) is 6.61 Å². The van der Waals surface area contributed by atoms with E-state index in [0.29, 0.717) is 16.8 Å². The first-order chi connectivity index (χ1) is 9.34. The lowest BCUT2D eigenvalue weighted by molar-refractivity contribution is -0.126. The molecule has 0 bridgehead atoms. The van der Waals surface area contributed by atoms with Crippen LogP contribution >= 0.6 is 15.9 Å². The topological polar surface area (TPSA) is 38.3 Å². The molecule has 1 rings (SSSR count). The van der Waals surface area contributed by atoms with Crippen LogP contribution in [0.25, 0.3) is 0 Å². The average Bonchev–Trinajstić information content (AvgIpc) is 2.38. The first kappa shape index (κ1) is 18.0. The Kier molecular flexibility index (Phi) is 7.52. The number of carbonyl (C=O) groups is 1. The van der Waals surface area contributed by atoms with E-state index in [1.165, 1.54) is 12.8 Å². The summed E-state index contributed by atoms with van der Waals surface area (Å²) >= 11 is 3.54. The largest absolute Gasteiger partial charge is 0.384 e. The molecule has 0 saturated heterocycles. The molecule has 0 radical (unpaired) electrons. The van der Waals surface area contributed by atoms with Gasteiger partial charge in [-0.05, 0) is 43.4 Å². The Balaban J connectivity index is 2.23. The molecule has 4 heteroatoms. The van der Waals surface area contributed by atoms with Gasteiger partial charge in [-0.1, -0.05) is 36.7 Å². The number of amides is 1. The van der Waals surface area contributed by atoms with Crippen molar-refractivity contribution in [1.29, 1.82) is 0 Å². The summed E-state index contributed by atoms with van der Waals surface area (Å²) in [6.07, 6.45) is 5.38. The van der Waals surface area contributed by atoms with E-state index < -0.39 is 0 Å². The molecule has 1 unspecified atom stereocenters. The minimum atomic E-state index is 0.227. The van der Waals surface area contributed by atoms with E-state index in [4.69, 9.17) is 4.74 Å². The van der Waals surface area contributed by atoms with E-state index in [9.17, 15) is 4.79 Å². The molecule has 1 amide bonds. The number of alkyl halides is 1. The molecule has 20 heavy (non-hydrogen) atoms. The summed E-state index contributed by atoms with van der Waals surface area (Å²) in [5.41, 5.74) is 0.380. The molecule has 1 N–H and O–H groups in total. The number of hydrogen-bond donors (Lipinski definition) is 1. The maximum Gasteiger partial charge on any atom is 0.223 e. The van der Waals surface area contributed by atoms with E-state index in [1.807, 2.05) is 0 Å². The first-order valence-electron chi connectivity index (χ1n) is 7.75. The Morgan fingerprint density at radius 3 is 2.40 bits per heavy atom. The van der Waals surface area contributed by atoms with Gasteiger partial charge in [0.15, 0.2) is 0 Å². The maximum absolute atomic E-state index is 12.1. The summed E-state index contributed by atoms with van der Waals surface area (Å²) in [7, 11) is 1.69. The zero-order valence-corrected chi connectivity index (χ0v) is 15.0. The summed E-state index contributed by atoms with van der Waals surface area (Å²) in [6, 6.07) is 0. The van der Waals surface area contributed by atoms with E-state index in [1.54, 1.807) is 7.11 Å². The highest BCUT2D eigenvalue weighted by Gasteiger charge is 2.32. The fourth-order valence-electron chi connectivity index (χ4n) is 2.98. The van der Waals surface area contributed by atoms with Crippen molar-refractivity contribution >= 4 is 21.8 Å². The molecule has 0 spiro atoms. The van der Waals surface area contributed by atoms with Gasteiger partial charge in [-0.15, -0.1) is 0 Å². The lowest BCUT2D eigenvalue weighted by Crippen LogP contribution is -2.36. The van der Waals surface area contributed by atoms with Crippen molar-refractivity contribution in [3.05, 3.63) is 0 Å². The number of ether oxygens (including phenoxy) is 1. The molecule has 1 fully saturated rings. The summed E-state index contributed by atoms with van der Waals surface area (Å²) in [5.74, 6) is 1.24. The van der Waals surface area contributed by atoms with Gasteiger partial charge >= 0.3 is 0 Å². The van der Waals surface area contributed by atoms with Gasteiger partial charge in [0.25, 0.3) is 0 Å². The second-order valence-corrected chi connectivity index (χ2v) is 8.34. The van der Waals surface area contributed by atoms with Gasteiger partial charge in [0.2, 0.25) is 5.91 Å². The van der Waals surface area contributed by atoms with Crippen molar-refractivity contribution in [2.75, 3.05) is 20.3 Å². The lowest BCUT2D eigenvalue weighted by atomic mass is 9.69. The standard InChI is InChI=1S/C16H30BrNO2/c1-16(2,3)13-7-5-12(6-8-13)15(19)18-10-9-14(17)11-20-4/h12-14H,5-11H2,1-4H3,(H,18,19). The molecule has 0 aromatic rings. The molecule has 1 saturated carbocycles. The van der Waals surface area contributed by atoms with Crippen LogP contribution in [0.1, 0.15) is 52.9 Å². The number of methoxy groups -OCH3 is 1. The molecule has 1 aliphatic rings. The zero-order chi connectivity index (χ0) is 15.2. The summed E-state index contributed by atoms with van der Waals surface area (Å²) in [6.45, 7) is 8.35. The van der Waals surface area contributed by atoms with Crippen LogP contribution in [0.15, 0.2) is 0 Å². The number of rotatable bonds is 6. The van der Waals surface area contributed by atoms with Crippen molar-refractivity contribution in [3.63, 3.8) is 0 Å². The number of carbonyl (C=O) groups excluding carboxylic acids is 1. The normalized spacial score (nSPS) is 25.2. The number of halogens is 1. The number of nitrogens with one attached hydrogen (secondary N) is 1. The highest BCUT2D eigenvalue weighted by molar-refractivity contribution is 9.09. The Morgan fingerprint density at radius 2 is 1.90 bits per heavy atom. The third-order valence-electron chi connectivity index (χ3n) is 4.43. The fraction of sp³-hybridized carbons (Fsp3) is 0.938.